The van der Waals surface area contributed by atoms with Crippen LogP contribution in [0.5, 0.6) is 0 Å². The summed E-state index contributed by atoms with van der Waals surface area (Å²) in [5.74, 6) is -0.452. The number of carbonyl (C=O) groups excluding carboxylic acids is 2. The van der Waals surface area contributed by atoms with Gasteiger partial charge in [0.05, 0.1) is 10.6 Å². The minimum atomic E-state index is -4.07. The van der Waals surface area contributed by atoms with E-state index in [1.165, 1.54) is 11.9 Å². The number of benzene rings is 3. The van der Waals surface area contributed by atoms with Gasteiger partial charge in [0.25, 0.3) is 10.0 Å². The largest absolute Gasteiger partial charge is 0.357 e. The van der Waals surface area contributed by atoms with Crippen molar-refractivity contribution in [2.24, 2.45) is 0 Å². The molecule has 7 nitrogen and oxygen atoms in total. The number of anilines is 1. The van der Waals surface area contributed by atoms with Crippen LogP contribution in [0.15, 0.2) is 83.8 Å². The fourth-order valence-corrected chi connectivity index (χ4v) is 5.87. The summed E-state index contributed by atoms with van der Waals surface area (Å²) in [5, 5.41) is 2.65. The van der Waals surface area contributed by atoms with Crippen molar-refractivity contribution < 1.29 is 18.0 Å². The Morgan fingerprint density at radius 3 is 2.05 bits per heavy atom. The third kappa shape index (κ3) is 7.47. The first-order valence-corrected chi connectivity index (χ1v) is 14.8. The molecule has 3 aromatic rings. The van der Waals surface area contributed by atoms with Gasteiger partial charge < -0.3 is 10.2 Å². The summed E-state index contributed by atoms with van der Waals surface area (Å²) in [7, 11) is -2.54. The smallest absolute Gasteiger partial charge is 0.264 e. The lowest BCUT2D eigenvalue weighted by Gasteiger charge is -2.33. The second-order valence-corrected chi connectivity index (χ2v) is 11.8. The topological polar surface area (TPSA) is 86.8 Å². The first-order valence-electron chi connectivity index (χ1n) is 13.3. The molecule has 0 aromatic heterocycles. The van der Waals surface area contributed by atoms with Gasteiger partial charge in [-0.05, 0) is 61.1 Å². The molecule has 208 valence electrons. The van der Waals surface area contributed by atoms with Gasteiger partial charge in [0.2, 0.25) is 11.8 Å². The Bertz CT molecular complexity index is 1340. The molecule has 1 unspecified atom stereocenters. The monoisotopic (exact) mass is 549 g/mol. The molecule has 39 heavy (non-hydrogen) atoms. The highest BCUT2D eigenvalue weighted by atomic mass is 32.2. The van der Waals surface area contributed by atoms with Gasteiger partial charge in [0.1, 0.15) is 12.6 Å². The normalized spacial score (nSPS) is 12.2. The number of hydrogen-bond acceptors (Lipinski definition) is 4. The Morgan fingerprint density at radius 2 is 1.51 bits per heavy atom. The van der Waals surface area contributed by atoms with Crippen molar-refractivity contribution in [2.75, 3.05) is 24.4 Å². The van der Waals surface area contributed by atoms with E-state index in [2.05, 4.69) is 19.2 Å². The van der Waals surface area contributed by atoms with Crippen molar-refractivity contribution in [1.82, 2.24) is 10.2 Å². The fraction of sp³-hybridized carbons (Fsp3) is 0.355. The number of carbonyl (C=O) groups is 2. The zero-order valence-corrected chi connectivity index (χ0v) is 24.2. The van der Waals surface area contributed by atoms with Crippen molar-refractivity contribution in [3.05, 3.63) is 95.6 Å². The lowest BCUT2D eigenvalue weighted by Crippen LogP contribution is -2.52. The molecule has 0 bridgehead atoms. The van der Waals surface area contributed by atoms with Crippen molar-refractivity contribution in [3.63, 3.8) is 0 Å². The van der Waals surface area contributed by atoms with Gasteiger partial charge >= 0.3 is 0 Å². The Labute approximate surface area is 232 Å². The van der Waals surface area contributed by atoms with E-state index in [-0.39, 0.29) is 23.3 Å². The molecular weight excluding hydrogens is 510 g/mol. The summed E-state index contributed by atoms with van der Waals surface area (Å²) in [4.78, 5) is 28.3. The summed E-state index contributed by atoms with van der Waals surface area (Å²) in [6.45, 7) is 7.70. The molecule has 0 aliphatic heterocycles. The molecule has 1 atom stereocenters. The van der Waals surface area contributed by atoms with Crippen molar-refractivity contribution >= 4 is 27.5 Å². The van der Waals surface area contributed by atoms with Crippen LogP contribution in [0, 0.1) is 6.92 Å². The van der Waals surface area contributed by atoms with Gasteiger partial charge in [-0.2, -0.15) is 0 Å². The highest BCUT2D eigenvalue weighted by Gasteiger charge is 2.33. The molecule has 0 saturated heterocycles. The van der Waals surface area contributed by atoms with Gasteiger partial charge in [-0.3, -0.25) is 13.9 Å². The fourth-order valence-electron chi connectivity index (χ4n) is 4.45. The van der Waals surface area contributed by atoms with Crippen LogP contribution >= 0.6 is 0 Å². The van der Waals surface area contributed by atoms with E-state index in [1.54, 1.807) is 36.4 Å². The summed E-state index contributed by atoms with van der Waals surface area (Å²) < 4.78 is 29.0. The Hall–Kier alpha value is -3.65. The maximum Gasteiger partial charge on any atom is 0.264 e. The summed E-state index contributed by atoms with van der Waals surface area (Å²) >= 11 is 0. The van der Waals surface area contributed by atoms with E-state index in [9.17, 15) is 18.0 Å². The lowest BCUT2D eigenvalue weighted by atomic mass is 10.0. The average molecular weight is 550 g/mol. The molecule has 3 rings (SSSR count). The Kier molecular flexibility index (Phi) is 10.3. The van der Waals surface area contributed by atoms with Crippen LogP contribution in [-0.4, -0.2) is 51.3 Å². The van der Waals surface area contributed by atoms with E-state index < -0.39 is 28.5 Å². The van der Waals surface area contributed by atoms with Gasteiger partial charge in [-0.1, -0.05) is 80.9 Å². The van der Waals surface area contributed by atoms with Crippen LogP contribution in [0.25, 0.3) is 0 Å². The van der Waals surface area contributed by atoms with Crippen LogP contribution in [0.2, 0.25) is 0 Å². The SMILES string of the molecule is CCC(C(=O)NC)N(CCc1ccccc1)C(=O)CN(c1ccc(C(C)C)cc1)S(=O)(=O)c1ccc(C)cc1. The minimum Gasteiger partial charge on any atom is -0.357 e. The molecule has 1 N–H and O–H groups in total. The van der Waals surface area contributed by atoms with Crippen LogP contribution in [-0.2, 0) is 26.0 Å². The van der Waals surface area contributed by atoms with E-state index in [0.29, 0.717) is 18.5 Å². The first kappa shape index (κ1) is 29.9. The number of rotatable bonds is 12. The van der Waals surface area contributed by atoms with Crippen LogP contribution in [0.3, 0.4) is 0 Å². The van der Waals surface area contributed by atoms with Crippen LogP contribution in [0.1, 0.15) is 49.8 Å². The average Bonchev–Trinajstić information content (AvgIpc) is 2.94. The third-order valence-electron chi connectivity index (χ3n) is 6.85. The molecule has 0 radical (unpaired) electrons. The molecule has 3 aromatic carbocycles. The van der Waals surface area contributed by atoms with Crippen molar-refractivity contribution in [3.8, 4) is 0 Å². The number of sulfonamides is 1. The lowest BCUT2D eigenvalue weighted by molar-refractivity contribution is -0.139. The van der Waals surface area contributed by atoms with Gasteiger partial charge in [-0.15, -0.1) is 0 Å². The maximum atomic E-state index is 13.9. The molecule has 8 heteroatoms. The van der Waals surface area contributed by atoms with Gasteiger partial charge in [0, 0.05) is 13.6 Å². The number of hydrogen-bond donors (Lipinski definition) is 1. The number of aryl methyl sites for hydroxylation is 1. The Morgan fingerprint density at radius 1 is 0.897 bits per heavy atom. The van der Waals surface area contributed by atoms with Crippen LogP contribution < -0.4 is 9.62 Å². The molecule has 0 aliphatic rings. The number of amides is 2. The van der Waals surface area contributed by atoms with E-state index in [1.807, 2.05) is 56.3 Å². The predicted octanol–water partition coefficient (Wildman–Crippen LogP) is 4.91. The zero-order valence-electron chi connectivity index (χ0n) is 23.4. The van der Waals surface area contributed by atoms with Crippen molar-refractivity contribution in [2.45, 2.75) is 57.4 Å². The molecular formula is C31H39N3O4S. The molecule has 0 heterocycles. The Balaban J connectivity index is 2.01. The van der Waals surface area contributed by atoms with E-state index in [0.717, 1.165) is 21.0 Å². The number of nitrogens with zero attached hydrogens (tertiary/aromatic N) is 2. The van der Waals surface area contributed by atoms with Gasteiger partial charge in [-0.25, -0.2) is 8.42 Å². The quantitative estimate of drug-likeness (QED) is 0.348. The maximum absolute atomic E-state index is 13.9. The molecule has 0 spiro atoms. The highest BCUT2D eigenvalue weighted by Crippen LogP contribution is 2.27. The molecule has 0 saturated carbocycles. The van der Waals surface area contributed by atoms with Crippen LogP contribution in [0.4, 0.5) is 5.69 Å². The van der Waals surface area contributed by atoms with Crippen molar-refractivity contribution in [1.29, 1.82) is 0 Å². The standard InChI is InChI=1S/C31H39N3O4S/c1-6-29(31(36)32-5)33(21-20-25-10-8-7-9-11-25)30(35)22-34(27-16-14-26(15-17-27)23(2)3)39(37,38)28-18-12-24(4)13-19-28/h7-19,23,29H,6,20-22H2,1-5H3,(H,32,36). The summed E-state index contributed by atoms with van der Waals surface area (Å²) in [6.07, 6.45) is 0.932. The minimum absolute atomic E-state index is 0.100. The highest BCUT2D eigenvalue weighted by molar-refractivity contribution is 7.92. The second kappa shape index (κ2) is 13.4. The molecule has 0 fully saturated rings. The third-order valence-corrected chi connectivity index (χ3v) is 8.64. The predicted molar refractivity (Wildman–Crippen MR) is 156 cm³/mol. The molecule has 0 aliphatic carbocycles. The van der Waals surface area contributed by atoms with E-state index >= 15 is 0 Å². The first-order chi connectivity index (χ1) is 18.6. The zero-order chi connectivity index (χ0) is 28.6. The summed E-state index contributed by atoms with van der Waals surface area (Å²) in [6, 6.07) is 22.8. The van der Waals surface area contributed by atoms with E-state index in [4.69, 9.17) is 0 Å². The number of nitrogens with one attached hydrogen (secondary N) is 1. The van der Waals surface area contributed by atoms with Gasteiger partial charge in [0.15, 0.2) is 0 Å². The molecule has 2 amide bonds. The summed E-state index contributed by atoms with van der Waals surface area (Å²) in [5.41, 5.74) is 3.41. The second-order valence-electron chi connectivity index (χ2n) is 9.93. The number of likely N-dealkylation sites (N-methyl/N-ethyl adjacent to an activating group) is 1.